The molecule has 60 valence electrons. The molecule has 0 radical (unpaired) electrons. The Kier molecular flexibility index (Phi) is 2.39. The van der Waals surface area contributed by atoms with E-state index in [1.54, 1.807) is 19.2 Å². The van der Waals surface area contributed by atoms with Gasteiger partial charge in [0.25, 0.3) is 0 Å². The highest BCUT2D eigenvalue weighted by Gasteiger charge is 2.01. The van der Waals surface area contributed by atoms with Crippen molar-refractivity contribution >= 4 is 10.8 Å². The second-order valence-electron chi connectivity index (χ2n) is 2.36. The van der Waals surface area contributed by atoms with Gasteiger partial charge in [-0.25, -0.2) is 4.39 Å². The largest absolute Gasteiger partial charge is 0.255 e. The SMILES string of the molecule is Cc1cc(F)ccc1S(C)=O. The number of hydrogen-bond donors (Lipinski definition) is 0. The average molecular weight is 172 g/mol. The van der Waals surface area contributed by atoms with E-state index >= 15 is 0 Å². The van der Waals surface area contributed by atoms with E-state index in [0.29, 0.717) is 4.90 Å². The van der Waals surface area contributed by atoms with E-state index in [-0.39, 0.29) is 5.82 Å². The molecular weight excluding hydrogens is 163 g/mol. The highest BCUT2D eigenvalue weighted by atomic mass is 32.2. The molecule has 1 rings (SSSR count). The first-order valence-electron chi connectivity index (χ1n) is 3.21. The van der Waals surface area contributed by atoms with Crippen LogP contribution < -0.4 is 0 Å². The molecule has 0 aliphatic rings. The van der Waals surface area contributed by atoms with Crippen LogP contribution in [0.1, 0.15) is 5.56 Å². The number of hydrogen-bond acceptors (Lipinski definition) is 1. The van der Waals surface area contributed by atoms with Crippen molar-refractivity contribution in [2.24, 2.45) is 0 Å². The van der Waals surface area contributed by atoms with Crippen LogP contribution in [-0.2, 0) is 10.8 Å². The molecule has 0 N–H and O–H groups in total. The molecule has 0 heterocycles. The number of rotatable bonds is 1. The Morgan fingerprint density at radius 1 is 1.45 bits per heavy atom. The van der Waals surface area contributed by atoms with E-state index in [2.05, 4.69) is 0 Å². The number of aryl methyl sites for hydroxylation is 1. The van der Waals surface area contributed by atoms with Gasteiger partial charge >= 0.3 is 0 Å². The van der Waals surface area contributed by atoms with Gasteiger partial charge in [0, 0.05) is 11.2 Å². The normalized spacial score (nSPS) is 13.0. The molecule has 0 fully saturated rings. The van der Waals surface area contributed by atoms with Gasteiger partial charge in [0.1, 0.15) is 5.82 Å². The zero-order chi connectivity index (χ0) is 8.43. The molecule has 0 bridgehead atoms. The van der Waals surface area contributed by atoms with Gasteiger partial charge in [-0.1, -0.05) is 0 Å². The lowest BCUT2D eigenvalue weighted by Crippen LogP contribution is -1.91. The van der Waals surface area contributed by atoms with Crippen LogP contribution in [0, 0.1) is 12.7 Å². The lowest BCUT2D eigenvalue weighted by molar-refractivity contribution is 0.624. The van der Waals surface area contributed by atoms with Crippen LogP contribution >= 0.6 is 0 Å². The van der Waals surface area contributed by atoms with Crippen molar-refractivity contribution in [2.45, 2.75) is 11.8 Å². The Morgan fingerprint density at radius 2 is 2.09 bits per heavy atom. The predicted molar refractivity (Wildman–Crippen MR) is 43.5 cm³/mol. The first-order chi connectivity index (χ1) is 5.11. The lowest BCUT2D eigenvalue weighted by Gasteiger charge is -2.00. The van der Waals surface area contributed by atoms with Crippen LogP contribution in [0.3, 0.4) is 0 Å². The monoisotopic (exact) mass is 172 g/mol. The Hall–Kier alpha value is -0.700. The Balaban J connectivity index is 3.20. The summed E-state index contributed by atoms with van der Waals surface area (Å²) in [5, 5.41) is 0. The molecule has 0 spiro atoms. The minimum absolute atomic E-state index is 0.281. The Morgan fingerprint density at radius 3 is 2.55 bits per heavy atom. The zero-order valence-corrected chi connectivity index (χ0v) is 7.24. The first-order valence-corrected chi connectivity index (χ1v) is 4.76. The van der Waals surface area contributed by atoms with Crippen molar-refractivity contribution < 1.29 is 8.60 Å². The summed E-state index contributed by atoms with van der Waals surface area (Å²) in [6.07, 6.45) is 1.58. The molecule has 1 atom stereocenters. The second kappa shape index (κ2) is 3.13. The van der Waals surface area contributed by atoms with Gasteiger partial charge in [0.15, 0.2) is 0 Å². The van der Waals surface area contributed by atoms with E-state index in [0.717, 1.165) is 5.56 Å². The first kappa shape index (κ1) is 8.40. The van der Waals surface area contributed by atoms with Gasteiger partial charge in [-0.05, 0) is 30.7 Å². The van der Waals surface area contributed by atoms with Gasteiger partial charge in [0.05, 0.1) is 10.8 Å². The highest BCUT2D eigenvalue weighted by Crippen LogP contribution is 2.12. The van der Waals surface area contributed by atoms with Crippen LogP contribution in [0.2, 0.25) is 0 Å². The topological polar surface area (TPSA) is 17.1 Å². The maximum atomic E-state index is 12.5. The van der Waals surface area contributed by atoms with Gasteiger partial charge in [0.2, 0.25) is 0 Å². The van der Waals surface area contributed by atoms with E-state index < -0.39 is 10.8 Å². The fourth-order valence-corrected chi connectivity index (χ4v) is 1.71. The fraction of sp³-hybridized carbons (Fsp3) is 0.250. The number of benzene rings is 1. The van der Waals surface area contributed by atoms with Gasteiger partial charge in [-0.15, -0.1) is 0 Å². The molecule has 1 unspecified atom stereocenters. The maximum Gasteiger partial charge on any atom is 0.123 e. The predicted octanol–water partition coefficient (Wildman–Crippen LogP) is 1.87. The summed E-state index contributed by atoms with van der Waals surface area (Å²) < 4.78 is 23.5. The highest BCUT2D eigenvalue weighted by molar-refractivity contribution is 7.84. The molecule has 0 aliphatic heterocycles. The third-order valence-corrected chi connectivity index (χ3v) is 2.52. The van der Waals surface area contributed by atoms with Crippen molar-refractivity contribution in [2.75, 3.05) is 6.26 Å². The van der Waals surface area contributed by atoms with Crippen molar-refractivity contribution in [1.82, 2.24) is 0 Å². The van der Waals surface area contributed by atoms with Crippen molar-refractivity contribution in [3.05, 3.63) is 29.6 Å². The summed E-state index contributed by atoms with van der Waals surface area (Å²) in [6.45, 7) is 1.75. The second-order valence-corrected chi connectivity index (χ2v) is 3.71. The summed E-state index contributed by atoms with van der Waals surface area (Å²) in [4.78, 5) is 0.700. The minimum atomic E-state index is -1.02. The molecule has 1 aromatic rings. The van der Waals surface area contributed by atoms with Crippen LogP contribution in [0.25, 0.3) is 0 Å². The molecule has 0 amide bonds. The summed E-state index contributed by atoms with van der Waals surface area (Å²) in [5.74, 6) is -0.281. The fourth-order valence-electron chi connectivity index (χ4n) is 0.935. The third kappa shape index (κ3) is 1.87. The molecule has 0 aromatic heterocycles. The van der Waals surface area contributed by atoms with Crippen LogP contribution in [0.15, 0.2) is 23.1 Å². The molecule has 11 heavy (non-hydrogen) atoms. The summed E-state index contributed by atoms with van der Waals surface area (Å²) in [6, 6.07) is 4.27. The zero-order valence-electron chi connectivity index (χ0n) is 6.43. The van der Waals surface area contributed by atoms with Crippen molar-refractivity contribution in [1.29, 1.82) is 0 Å². The minimum Gasteiger partial charge on any atom is -0.255 e. The molecule has 1 nitrogen and oxygen atoms in total. The van der Waals surface area contributed by atoms with Gasteiger partial charge in [-0.3, -0.25) is 4.21 Å². The smallest absolute Gasteiger partial charge is 0.123 e. The standard InChI is InChI=1S/C8H9FOS/c1-6-5-7(9)3-4-8(6)11(2)10/h3-5H,1-2H3. The van der Waals surface area contributed by atoms with Gasteiger partial charge < -0.3 is 0 Å². The average Bonchev–Trinajstić information content (AvgIpc) is 1.85. The Bertz CT molecular complexity index is 296. The molecule has 1 aromatic carbocycles. The summed E-state index contributed by atoms with van der Waals surface area (Å²) in [7, 11) is -1.02. The van der Waals surface area contributed by atoms with Crippen LogP contribution in [0.4, 0.5) is 4.39 Å². The number of halogens is 1. The molecule has 0 saturated heterocycles. The quantitative estimate of drug-likeness (QED) is 0.632. The summed E-state index contributed by atoms with van der Waals surface area (Å²) >= 11 is 0. The van der Waals surface area contributed by atoms with Crippen molar-refractivity contribution in [3.63, 3.8) is 0 Å². The van der Waals surface area contributed by atoms with E-state index in [4.69, 9.17) is 0 Å². The lowest BCUT2D eigenvalue weighted by atomic mass is 10.2. The van der Waals surface area contributed by atoms with E-state index in [9.17, 15) is 8.60 Å². The van der Waals surface area contributed by atoms with E-state index in [1.807, 2.05) is 0 Å². The van der Waals surface area contributed by atoms with E-state index in [1.165, 1.54) is 12.1 Å². The Labute approximate surface area is 67.7 Å². The third-order valence-electron chi connectivity index (χ3n) is 1.45. The molecular formula is C8H9FOS. The van der Waals surface area contributed by atoms with Crippen molar-refractivity contribution in [3.8, 4) is 0 Å². The summed E-state index contributed by atoms with van der Waals surface area (Å²) in [5.41, 5.74) is 0.742. The molecule has 0 saturated carbocycles. The van der Waals surface area contributed by atoms with Crippen LogP contribution in [0.5, 0.6) is 0 Å². The molecule has 0 aliphatic carbocycles. The van der Waals surface area contributed by atoms with Crippen LogP contribution in [-0.4, -0.2) is 10.5 Å². The maximum absolute atomic E-state index is 12.5. The van der Waals surface area contributed by atoms with Gasteiger partial charge in [-0.2, -0.15) is 0 Å². The molecule has 3 heteroatoms.